The molecule has 6 heteroatoms. The van der Waals surface area contributed by atoms with Gasteiger partial charge in [-0.15, -0.1) is 11.3 Å². The van der Waals surface area contributed by atoms with Crippen LogP contribution in [0.5, 0.6) is 5.75 Å². The number of carbonyl (C=O) groups is 1. The van der Waals surface area contributed by atoms with Crippen molar-refractivity contribution in [2.24, 2.45) is 0 Å². The average Bonchev–Trinajstić information content (AvgIpc) is 3.11. The molecule has 1 aliphatic rings. The van der Waals surface area contributed by atoms with Gasteiger partial charge in [-0.1, -0.05) is 26.0 Å². The molecule has 1 unspecified atom stereocenters. The highest BCUT2D eigenvalue weighted by molar-refractivity contribution is 7.15. The maximum absolute atomic E-state index is 12.4. The fourth-order valence-electron chi connectivity index (χ4n) is 3.05. The molecule has 1 aromatic carbocycles. The van der Waals surface area contributed by atoms with Crippen molar-refractivity contribution >= 4 is 22.4 Å². The van der Waals surface area contributed by atoms with Crippen LogP contribution < -0.4 is 15.4 Å². The second kappa shape index (κ2) is 8.64. The molecule has 0 aliphatic carbocycles. The summed E-state index contributed by atoms with van der Waals surface area (Å²) in [4.78, 5) is 18.1. The summed E-state index contributed by atoms with van der Waals surface area (Å²) in [5, 5.41) is 6.91. The topological polar surface area (TPSA) is 63.2 Å². The van der Waals surface area contributed by atoms with Crippen molar-refractivity contribution in [3.05, 3.63) is 40.9 Å². The highest BCUT2D eigenvalue weighted by Crippen LogP contribution is 2.31. The van der Waals surface area contributed by atoms with Crippen LogP contribution in [0.15, 0.2) is 30.5 Å². The van der Waals surface area contributed by atoms with E-state index in [0.717, 1.165) is 25.9 Å². The lowest BCUT2D eigenvalue weighted by Gasteiger charge is -2.20. The molecule has 140 valence electrons. The first-order valence-electron chi connectivity index (χ1n) is 9.27. The van der Waals surface area contributed by atoms with Gasteiger partial charge >= 0.3 is 0 Å². The molecule has 5 nitrogen and oxygen atoms in total. The maximum atomic E-state index is 12.4. The number of nitrogens with zero attached hydrogens (tertiary/aromatic N) is 1. The van der Waals surface area contributed by atoms with Crippen LogP contribution in [0.25, 0.3) is 0 Å². The smallest absolute Gasteiger partial charge is 0.266 e. The molecule has 1 aliphatic heterocycles. The van der Waals surface area contributed by atoms with E-state index in [9.17, 15) is 4.79 Å². The molecule has 1 aromatic heterocycles. The van der Waals surface area contributed by atoms with Crippen molar-refractivity contribution in [3.63, 3.8) is 0 Å². The molecule has 1 saturated heterocycles. The Morgan fingerprint density at radius 2 is 2.08 bits per heavy atom. The van der Waals surface area contributed by atoms with Crippen molar-refractivity contribution < 1.29 is 9.53 Å². The summed E-state index contributed by atoms with van der Waals surface area (Å²) in [6, 6.07) is 7.91. The van der Waals surface area contributed by atoms with Gasteiger partial charge in [0.1, 0.15) is 5.75 Å². The molecule has 1 atom stereocenters. The summed E-state index contributed by atoms with van der Waals surface area (Å²) >= 11 is 1.57. The first-order chi connectivity index (χ1) is 12.5. The predicted molar refractivity (Wildman–Crippen MR) is 106 cm³/mol. The van der Waals surface area contributed by atoms with E-state index in [1.54, 1.807) is 18.3 Å². The van der Waals surface area contributed by atoms with Gasteiger partial charge < -0.3 is 10.1 Å². The molecule has 2 N–H and O–H groups in total. The Balaban J connectivity index is 1.57. The lowest BCUT2D eigenvalue weighted by molar-refractivity contribution is -0.122. The van der Waals surface area contributed by atoms with Gasteiger partial charge in [0.2, 0.25) is 0 Å². The highest BCUT2D eigenvalue weighted by Gasteiger charge is 2.20. The summed E-state index contributed by atoms with van der Waals surface area (Å²) in [6.07, 6.45) is 3.57. The molecule has 1 fully saturated rings. The minimum Gasteiger partial charge on any atom is -0.481 e. The SMILES string of the molecule is CC(Oc1cccc(C(C)C)c1)C(=O)Nc1ncc(C2CCNCC2)s1. The number of hydrogen-bond acceptors (Lipinski definition) is 5. The zero-order valence-electron chi connectivity index (χ0n) is 15.6. The van der Waals surface area contributed by atoms with Crippen LogP contribution in [-0.2, 0) is 4.79 Å². The predicted octanol–water partition coefficient (Wildman–Crippen LogP) is 4.14. The minimum atomic E-state index is -0.580. The van der Waals surface area contributed by atoms with E-state index in [2.05, 4.69) is 35.5 Å². The van der Waals surface area contributed by atoms with Crippen LogP contribution in [0, 0.1) is 0 Å². The Morgan fingerprint density at radius 1 is 1.31 bits per heavy atom. The van der Waals surface area contributed by atoms with Gasteiger partial charge in [-0.2, -0.15) is 0 Å². The summed E-state index contributed by atoms with van der Waals surface area (Å²) in [6.45, 7) is 8.13. The fraction of sp³-hybridized carbons (Fsp3) is 0.500. The van der Waals surface area contributed by atoms with Gasteiger partial charge in [-0.3, -0.25) is 10.1 Å². The normalized spacial score (nSPS) is 16.5. The number of aromatic nitrogens is 1. The number of nitrogens with one attached hydrogen (secondary N) is 2. The summed E-state index contributed by atoms with van der Waals surface area (Å²) in [7, 11) is 0. The van der Waals surface area contributed by atoms with Gasteiger partial charge in [0.05, 0.1) is 0 Å². The Morgan fingerprint density at radius 3 is 2.81 bits per heavy atom. The van der Waals surface area contributed by atoms with Crippen LogP contribution >= 0.6 is 11.3 Å². The second-order valence-corrected chi connectivity index (χ2v) is 8.13. The largest absolute Gasteiger partial charge is 0.481 e. The monoisotopic (exact) mass is 373 g/mol. The van der Waals surface area contributed by atoms with E-state index in [1.165, 1.54) is 10.4 Å². The summed E-state index contributed by atoms with van der Waals surface area (Å²) in [5.74, 6) is 1.51. The Labute approximate surface area is 159 Å². The van der Waals surface area contributed by atoms with Gasteiger partial charge in [0.25, 0.3) is 5.91 Å². The van der Waals surface area contributed by atoms with E-state index < -0.39 is 6.10 Å². The quantitative estimate of drug-likeness (QED) is 0.799. The van der Waals surface area contributed by atoms with Gasteiger partial charge in [-0.05, 0) is 62.4 Å². The number of carbonyl (C=O) groups excluding carboxylic acids is 1. The molecule has 0 spiro atoms. The van der Waals surface area contributed by atoms with Crippen LogP contribution in [-0.4, -0.2) is 30.1 Å². The number of ether oxygens (including phenoxy) is 1. The zero-order chi connectivity index (χ0) is 18.5. The summed E-state index contributed by atoms with van der Waals surface area (Å²) in [5.41, 5.74) is 1.20. The van der Waals surface area contributed by atoms with E-state index >= 15 is 0 Å². The molecule has 0 radical (unpaired) electrons. The van der Waals surface area contributed by atoms with Crippen LogP contribution in [0.4, 0.5) is 5.13 Å². The average molecular weight is 374 g/mol. The first-order valence-corrected chi connectivity index (χ1v) is 10.1. The van der Waals surface area contributed by atoms with Gasteiger partial charge in [0.15, 0.2) is 11.2 Å². The first kappa shape index (κ1) is 18.9. The molecule has 2 heterocycles. The van der Waals surface area contributed by atoms with Crippen molar-refractivity contribution in [2.45, 2.75) is 51.6 Å². The number of benzene rings is 1. The number of amides is 1. The zero-order valence-corrected chi connectivity index (χ0v) is 16.4. The lowest BCUT2D eigenvalue weighted by Crippen LogP contribution is -2.30. The Hall–Kier alpha value is -1.92. The van der Waals surface area contributed by atoms with Crippen molar-refractivity contribution in [1.82, 2.24) is 10.3 Å². The van der Waals surface area contributed by atoms with Crippen molar-refractivity contribution in [1.29, 1.82) is 0 Å². The van der Waals surface area contributed by atoms with Gasteiger partial charge in [0, 0.05) is 11.1 Å². The van der Waals surface area contributed by atoms with Crippen LogP contribution in [0.2, 0.25) is 0 Å². The van der Waals surface area contributed by atoms with E-state index in [4.69, 9.17) is 4.74 Å². The summed E-state index contributed by atoms with van der Waals surface area (Å²) < 4.78 is 5.82. The molecular formula is C20H27N3O2S. The van der Waals surface area contributed by atoms with E-state index in [0.29, 0.717) is 22.7 Å². The van der Waals surface area contributed by atoms with E-state index in [-0.39, 0.29) is 5.91 Å². The third kappa shape index (κ3) is 4.83. The van der Waals surface area contributed by atoms with Crippen molar-refractivity contribution in [2.75, 3.05) is 18.4 Å². The second-order valence-electron chi connectivity index (χ2n) is 7.07. The number of anilines is 1. The van der Waals surface area contributed by atoms with E-state index in [1.807, 2.05) is 24.4 Å². The molecule has 2 aromatic rings. The number of thiazole rings is 1. The third-order valence-corrected chi connectivity index (χ3v) is 5.78. The van der Waals surface area contributed by atoms with Crippen LogP contribution in [0.1, 0.15) is 55.9 Å². The van der Waals surface area contributed by atoms with Gasteiger partial charge in [-0.25, -0.2) is 4.98 Å². The number of rotatable bonds is 6. The molecule has 1 amide bonds. The molecule has 0 bridgehead atoms. The van der Waals surface area contributed by atoms with Crippen LogP contribution in [0.3, 0.4) is 0 Å². The third-order valence-electron chi connectivity index (χ3n) is 4.70. The standard InChI is InChI=1S/C20H27N3O2S/c1-13(2)16-5-4-6-17(11-16)25-14(3)19(24)23-20-22-12-18(26-20)15-7-9-21-10-8-15/h4-6,11-15,21H,7-10H2,1-3H3,(H,22,23,24). The lowest BCUT2D eigenvalue weighted by atomic mass is 9.97. The maximum Gasteiger partial charge on any atom is 0.266 e. The number of piperidine rings is 1. The molecule has 3 rings (SSSR count). The van der Waals surface area contributed by atoms with Crippen molar-refractivity contribution in [3.8, 4) is 5.75 Å². The highest BCUT2D eigenvalue weighted by atomic mass is 32.1. The minimum absolute atomic E-state index is 0.175. The molecular weight excluding hydrogens is 346 g/mol. The Bertz CT molecular complexity index is 738. The number of hydrogen-bond donors (Lipinski definition) is 2. The fourth-order valence-corrected chi connectivity index (χ4v) is 4.04. The Kier molecular flexibility index (Phi) is 6.27. The molecule has 26 heavy (non-hydrogen) atoms. The molecule has 0 saturated carbocycles.